The van der Waals surface area contributed by atoms with Crippen LogP contribution in [0, 0.1) is 0 Å². The van der Waals surface area contributed by atoms with Gasteiger partial charge in [0.25, 0.3) is 0 Å². The molecule has 0 radical (unpaired) electrons. The summed E-state index contributed by atoms with van der Waals surface area (Å²) in [5.74, 6) is 0.121. The first kappa shape index (κ1) is 16.5. The van der Waals surface area contributed by atoms with Crippen molar-refractivity contribution < 1.29 is 46.5 Å². The molecule has 1 saturated heterocycles. The molecule has 0 spiro atoms. The van der Waals surface area contributed by atoms with Gasteiger partial charge in [-0.25, -0.2) is 0 Å². The molecule has 1 fully saturated rings. The molecule has 19 heavy (non-hydrogen) atoms. The first-order valence-electron chi connectivity index (χ1n) is 6.04. The summed E-state index contributed by atoms with van der Waals surface area (Å²) in [7, 11) is 0. The number of hydrogen-bond acceptors (Lipinski definition) is 1. The van der Waals surface area contributed by atoms with Crippen molar-refractivity contribution in [3.8, 4) is 0 Å². The Hall–Kier alpha value is -0.536. The second kappa shape index (κ2) is 6.76. The smallest absolute Gasteiger partial charge is 1.00 e. The molecule has 1 heterocycles. The van der Waals surface area contributed by atoms with Crippen LogP contribution in [0.15, 0.2) is 52.4 Å². The van der Waals surface area contributed by atoms with Crippen molar-refractivity contribution in [2.45, 2.75) is 15.9 Å². The number of rotatable bonds is 3. The van der Waals surface area contributed by atoms with E-state index in [0.717, 1.165) is 12.0 Å². The molecule has 0 bridgehead atoms. The summed E-state index contributed by atoms with van der Waals surface area (Å²) in [6.45, 7) is 0. The van der Waals surface area contributed by atoms with Gasteiger partial charge in [-0.15, -0.1) is 0 Å². The number of benzene rings is 1. The monoisotopic (exact) mass is 331 g/mol. The van der Waals surface area contributed by atoms with Gasteiger partial charge < -0.3 is 24.8 Å². The number of carbonyl (C=O) groups excluding carboxylic acids is 1. The zero-order chi connectivity index (χ0) is 11.7. The van der Waals surface area contributed by atoms with Crippen LogP contribution in [0.4, 0.5) is 0 Å². The van der Waals surface area contributed by atoms with E-state index in [2.05, 4.69) is 22.0 Å². The number of amides is 1. The van der Waals surface area contributed by atoms with E-state index in [1.807, 2.05) is 30.3 Å². The SMILES string of the molecule is O=C([NH][Ti+2]1([C]2=CC=CC2)[CH2][CH2]1)c1ccccc1.[Cl-].[Cl-]. The summed E-state index contributed by atoms with van der Waals surface area (Å²) in [6.07, 6.45) is 7.60. The zero-order valence-corrected chi connectivity index (χ0v) is 13.5. The van der Waals surface area contributed by atoms with Gasteiger partial charge in [0.05, 0.1) is 0 Å². The summed E-state index contributed by atoms with van der Waals surface area (Å²) in [6, 6.07) is 9.54. The number of halogens is 2. The normalized spacial score (nSPS) is 16.1. The molecule has 0 atom stereocenters. The van der Waals surface area contributed by atoms with Crippen molar-refractivity contribution in [2.24, 2.45) is 0 Å². The van der Waals surface area contributed by atoms with Crippen molar-refractivity contribution in [3.63, 3.8) is 0 Å². The molecule has 1 aromatic rings. The van der Waals surface area contributed by atoms with Crippen LogP contribution in [0.5, 0.6) is 0 Å². The van der Waals surface area contributed by atoms with Crippen LogP contribution in [-0.2, 0) is 16.8 Å². The van der Waals surface area contributed by atoms with E-state index < -0.39 is 16.8 Å². The van der Waals surface area contributed by atoms with Gasteiger partial charge in [0.1, 0.15) is 0 Å². The Bertz CT molecular complexity index is 509. The molecule has 1 aliphatic carbocycles. The maximum absolute atomic E-state index is 12.1. The van der Waals surface area contributed by atoms with Crippen molar-refractivity contribution in [1.29, 1.82) is 0 Å². The fourth-order valence-electron chi connectivity index (χ4n) is 2.33. The third-order valence-corrected chi connectivity index (χ3v) is 9.47. The minimum Gasteiger partial charge on any atom is -1.00 e. The van der Waals surface area contributed by atoms with Crippen LogP contribution in [0.2, 0.25) is 9.45 Å². The molecule has 0 aromatic heterocycles. The molecular weight excluding hydrogens is 317 g/mol. The molecule has 2 aliphatic rings. The minimum atomic E-state index is -2.10. The van der Waals surface area contributed by atoms with Gasteiger partial charge in [0.15, 0.2) is 0 Å². The summed E-state index contributed by atoms with van der Waals surface area (Å²) < 4.78 is 7.41. The summed E-state index contributed by atoms with van der Waals surface area (Å²) in [4.78, 5) is 12.1. The first-order valence-corrected chi connectivity index (χ1v) is 9.81. The van der Waals surface area contributed by atoms with Crippen LogP contribution < -0.4 is 28.6 Å². The second-order valence-corrected chi connectivity index (χ2v) is 11.1. The molecule has 0 unspecified atom stereocenters. The summed E-state index contributed by atoms with van der Waals surface area (Å²) in [5, 5.41) is 0. The van der Waals surface area contributed by atoms with E-state index in [9.17, 15) is 4.79 Å². The van der Waals surface area contributed by atoms with Crippen molar-refractivity contribution in [3.05, 3.63) is 58.0 Å². The third-order valence-electron chi connectivity index (χ3n) is 3.52. The topological polar surface area (TPSA) is 29.1 Å². The Morgan fingerprint density at radius 1 is 1.11 bits per heavy atom. The van der Waals surface area contributed by atoms with Gasteiger partial charge in [-0.2, -0.15) is 0 Å². The Morgan fingerprint density at radius 2 is 1.79 bits per heavy atom. The van der Waals surface area contributed by atoms with Crippen LogP contribution in [-0.4, -0.2) is 5.91 Å². The molecule has 5 heteroatoms. The average Bonchev–Trinajstić information content (AvgIpc) is 2.94. The Morgan fingerprint density at radius 3 is 2.32 bits per heavy atom. The molecule has 0 saturated carbocycles. The fourth-order valence-corrected chi connectivity index (χ4v) is 8.32. The molecule has 1 aliphatic heterocycles. The molecule has 1 amide bonds. The van der Waals surface area contributed by atoms with E-state index in [0.29, 0.717) is 0 Å². The predicted molar refractivity (Wildman–Crippen MR) is 65.4 cm³/mol. The summed E-state index contributed by atoms with van der Waals surface area (Å²) >= 11 is -2.10. The summed E-state index contributed by atoms with van der Waals surface area (Å²) in [5.41, 5.74) is 0.788. The van der Waals surface area contributed by atoms with Crippen LogP contribution >= 0.6 is 0 Å². The van der Waals surface area contributed by atoms with Gasteiger partial charge in [0.2, 0.25) is 0 Å². The molecule has 3 rings (SSSR count). The van der Waals surface area contributed by atoms with Gasteiger partial charge in [-0.1, -0.05) is 0 Å². The van der Waals surface area contributed by atoms with Crippen molar-refractivity contribution in [1.82, 2.24) is 3.80 Å². The van der Waals surface area contributed by atoms with Crippen LogP contribution in [0.1, 0.15) is 16.8 Å². The van der Waals surface area contributed by atoms with Crippen molar-refractivity contribution >= 4 is 5.91 Å². The van der Waals surface area contributed by atoms with E-state index in [4.69, 9.17) is 0 Å². The third kappa shape index (κ3) is 3.52. The van der Waals surface area contributed by atoms with Crippen molar-refractivity contribution in [2.75, 3.05) is 0 Å². The number of carbonyl (C=O) groups is 1. The largest absolute Gasteiger partial charge is 1.00 e. The number of hydrogen-bond donors (Lipinski definition) is 1. The quantitative estimate of drug-likeness (QED) is 0.595. The van der Waals surface area contributed by atoms with E-state index in [-0.39, 0.29) is 30.7 Å². The maximum Gasteiger partial charge on any atom is -1.00 e. The Labute approximate surface area is 129 Å². The van der Waals surface area contributed by atoms with Gasteiger partial charge in [0, 0.05) is 0 Å². The van der Waals surface area contributed by atoms with E-state index in [1.165, 1.54) is 13.3 Å². The standard InChI is InChI=1S/C7H7NO.C5H5.C2H4.2ClH.Ti/c8-7(9)6-4-2-1-3-5-6;1-2-4-5-3-1;1-2;;;/h1-5H,(H2,8,9);1-3H,4H2;1-2H2;2*1H;/q;;;;;+3/p-3. The number of nitrogens with one attached hydrogen (secondary N) is 1. The zero-order valence-electron chi connectivity index (χ0n) is 10.4. The molecule has 1 aromatic carbocycles. The van der Waals surface area contributed by atoms with Gasteiger partial charge in [-0.3, -0.25) is 0 Å². The molecule has 1 N–H and O–H groups in total. The first-order chi connectivity index (χ1) is 8.30. The van der Waals surface area contributed by atoms with E-state index >= 15 is 0 Å². The number of allylic oxidation sites excluding steroid dienone is 4. The maximum atomic E-state index is 12.1. The average molecular weight is 332 g/mol. The van der Waals surface area contributed by atoms with Crippen LogP contribution in [0.25, 0.3) is 0 Å². The Kier molecular flexibility index (Phi) is 5.88. The predicted octanol–water partition coefficient (Wildman–Crippen LogP) is -2.81. The van der Waals surface area contributed by atoms with E-state index in [1.54, 1.807) is 0 Å². The molecule has 2 nitrogen and oxygen atoms in total. The van der Waals surface area contributed by atoms with Gasteiger partial charge >= 0.3 is 105 Å². The molecular formula is C14H15Cl2NOTi. The second-order valence-electron chi connectivity index (χ2n) is 4.73. The Balaban J connectivity index is 0.000000902. The fraction of sp³-hybridized carbons (Fsp3) is 0.214. The minimum absolute atomic E-state index is 0. The van der Waals surface area contributed by atoms with Crippen LogP contribution in [0.3, 0.4) is 0 Å². The van der Waals surface area contributed by atoms with Gasteiger partial charge in [-0.05, 0) is 0 Å². The molecule has 100 valence electrons.